The molecule has 6 heteroatoms. The van der Waals surface area contributed by atoms with E-state index in [4.69, 9.17) is 0 Å². The molecule has 1 unspecified atom stereocenters. The van der Waals surface area contributed by atoms with Gasteiger partial charge in [0, 0.05) is 32.7 Å². The summed E-state index contributed by atoms with van der Waals surface area (Å²) in [5.74, 6) is 0.190. The van der Waals surface area contributed by atoms with Gasteiger partial charge in [-0.2, -0.15) is 4.31 Å². The van der Waals surface area contributed by atoms with E-state index in [2.05, 4.69) is 4.90 Å². The first kappa shape index (κ1) is 14.9. The number of aliphatic hydroxyl groups is 1. The average Bonchev–Trinajstić information content (AvgIpc) is 2.16. The van der Waals surface area contributed by atoms with Crippen molar-refractivity contribution < 1.29 is 13.5 Å². The summed E-state index contributed by atoms with van der Waals surface area (Å²) in [5.41, 5.74) is -0.715. The number of hydrogen-bond acceptors (Lipinski definition) is 4. The molecule has 0 amide bonds. The van der Waals surface area contributed by atoms with Crippen LogP contribution in [0.5, 0.6) is 0 Å². The van der Waals surface area contributed by atoms with Crippen molar-refractivity contribution in [3.63, 3.8) is 0 Å². The number of piperazine rings is 1. The third-order valence-electron chi connectivity index (χ3n) is 3.59. The van der Waals surface area contributed by atoms with E-state index in [9.17, 15) is 13.5 Å². The van der Waals surface area contributed by atoms with Crippen molar-refractivity contribution in [1.29, 1.82) is 0 Å². The molecule has 1 aliphatic heterocycles. The average molecular weight is 264 g/mol. The van der Waals surface area contributed by atoms with Crippen LogP contribution in [0.2, 0.25) is 0 Å². The highest BCUT2D eigenvalue weighted by Gasteiger charge is 2.30. The Hall–Kier alpha value is -0.170. The molecule has 0 spiro atoms. The van der Waals surface area contributed by atoms with Gasteiger partial charge in [-0.05, 0) is 12.8 Å². The first-order valence-corrected chi connectivity index (χ1v) is 7.87. The normalized spacial score (nSPS) is 23.9. The van der Waals surface area contributed by atoms with E-state index in [0.717, 1.165) is 0 Å². The lowest BCUT2D eigenvalue weighted by Gasteiger charge is -2.38. The largest absolute Gasteiger partial charge is 0.389 e. The molecule has 1 rings (SSSR count). The molecule has 17 heavy (non-hydrogen) atoms. The Morgan fingerprint density at radius 3 is 2.06 bits per heavy atom. The fraction of sp³-hybridized carbons (Fsp3) is 1.00. The standard InChI is InChI=1S/C11H24N2O3S/c1-10(2)11(3,14)9-12-5-7-13(8-6-12)17(4,15)16/h10,14H,5-9H2,1-4H3. The smallest absolute Gasteiger partial charge is 0.211 e. The SMILES string of the molecule is CC(C)C(C)(O)CN1CCN(S(C)(=O)=O)CC1. The topological polar surface area (TPSA) is 60.9 Å². The monoisotopic (exact) mass is 264 g/mol. The van der Waals surface area contributed by atoms with E-state index in [1.165, 1.54) is 10.6 Å². The molecular weight excluding hydrogens is 240 g/mol. The maximum atomic E-state index is 11.3. The van der Waals surface area contributed by atoms with Gasteiger partial charge < -0.3 is 5.11 Å². The van der Waals surface area contributed by atoms with Gasteiger partial charge in [-0.3, -0.25) is 4.90 Å². The van der Waals surface area contributed by atoms with Crippen molar-refractivity contribution in [1.82, 2.24) is 9.21 Å². The second-order valence-electron chi connectivity index (χ2n) is 5.45. The number of hydrogen-bond donors (Lipinski definition) is 1. The lowest BCUT2D eigenvalue weighted by Crippen LogP contribution is -2.53. The zero-order chi connectivity index (χ0) is 13.3. The Morgan fingerprint density at radius 1 is 1.24 bits per heavy atom. The molecule has 102 valence electrons. The Bertz CT molecular complexity index is 344. The molecule has 1 aliphatic rings. The number of rotatable bonds is 4. The van der Waals surface area contributed by atoms with Crippen molar-refractivity contribution >= 4 is 10.0 Å². The maximum Gasteiger partial charge on any atom is 0.211 e. The van der Waals surface area contributed by atoms with Crippen LogP contribution in [0.1, 0.15) is 20.8 Å². The van der Waals surface area contributed by atoms with Gasteiger partial charge in [-0.1, -0.05) is 13.8 Å². The van der Waals surface area contributed by atoms with E-state index in [-0.39, 0.29) is 5.92 Å². The quantitative estimate of drug-likeness (QED) is 0.775. The molecule has 5 nitrogen and oxygen atoms in total. The van der Waals surface area contributed by atoms with Crippen LogP contribution >= 0.6 is 0 Å². The van der Waals surface area contributed by atoms with Gasteiger partial charge in [-0.15, -0.1) is 0 Å². The third kappa shape index (κ3) is 4.21. The van der Waals surface area contributed by atoms with Crippen molar-refractivity contribution in [2.45, 2.75) is 26.4 Å². The van der Waals surface area contributed by atoms with E-state index < -0.39 is 15.6 Å². The summed E-state index contributed by atoms with van der Waals surface area (Å²) in [6.07, 6.45) is 1.24. The Morgan fingerprint density at radius 2 is 1.71 bits per heavy atom. The summed E-state index contributed by atoms with van der Waals surface area (Å²) in [7, 11) is -3.07. The second kappa shape index (κ2) is 5.22. The molecule has 0 aromatic rings. The summed E-state index contributed by atoms with van der Waals surface area (Å²) in [6, 6.07) is 0. The lowest BCUT2D eigenvalue weighted by molar-refractivity contribution is -0.0245. The third-order valence-corrected chi connectivity index (χ3v) is 4.89. The van der Waals surface area contributed by atoms with Crippen LogP contribution in [0.25, 0.3) is 0 Å². The molecule has 0 bridgehead atoms. The van der Waals surface area contributed by atoms with Gasteiger partial charge in [0.2, 0.25) is 10.0 Å². The first-order valence-electron chi connectivity index (χ1n) is 6.03. The molecule has 1 saturated heterocycles. The fourth-order valence-corrected chi connectivity index (χ4v) is 2.68. The predicted molar refractivity (Wildman–Crippen MR) is 68.3 cm³/mol. The maximum absolute atomic E-state index is 11.3. The zero-order valence-electron chi connectivity index (χ0n) is 11.2. The van der Waals surface area contributed by atoms with Crippen molar-refractivity contribution in [2.24, 2.45) is 5.92 Å². The van der Waals surface area contributed by atoms with Crippen molar-refractivity contribution in [3.05, 3.63) is 0 Å². The summed E-state index contributed by atoms with van der Waals surface area (Å²) in [6.45, 7) is 8.84. The van der Waals surface area contributed by atoms with Crippen molar-refractivity contribution in [2.75, 3.05) is 39.0 Å². The van der Waals surface area contributed by atoms with Crippen LogP contribution < -0.4 is 0 Å². The number of sulfonamides is 1. The Kier molecular flexibility index (Phi) is 4.57. The molecule has 0 aromatic heterocycles. The molecule has 0 aromatic carbocycles. The molecule has 0 radical (unpaired) electrons. The summed E-state index contributed by atoms with van der Waals surface area (Å²) >= 11 is 0. The summed E-state index contributed by atoms with van der Waals surface area (Å²) in [4.78, 5) is 2.13. The van der Waals surface area contributed by atoms with Crippen LogP contribution in [-0.2, 0) is 10.0 Å². The van der Waals surface area contributed by atoms with E-state index >= 15 is 0 Å². The van der Waals surface area contributed by atoms with Gasteiger partial charge >= 0.3 is 0 Å². The highest BCUT2D eigenvalue weighted by Crippen LogP contribution is 2.18. The van der Waals surface area contributed by atoms with Gasteiger partial charge in [0.15, 0.2) is 0 Å². The number of β-amino-alcohol motifs (C(OH)–C–C–N with tert-alkyl or cyclic N) is 1. The molecular formula is C11H24N2O3S. The minimum Gasteiger partial charge on any atom is -0.389 e. The van der Waals surface area contributed by atoms with Crippen molar-refractivity contribution in [3.8, 4) is 0 Å². The minimum absolute atomic E-state index is 0.190. The van der Waals surface area contributed by atoms with E-state index in [1.54, 1.807) is 0 Å². The van der Waals surface area contributed by atoms with Crippen LogP contribution in [0.15, 0.2) is 0 Å². The van der Waals surface area contributed by atoms with E-state index in [0.29, 0.717) is 32.7 Å². The zero-order valence-corrected chi connectivity index (χ0v) is 12.0. The fourth-order valence-electron chi connectivity index (χ4n) is 1.85. The number of nitrogens with zero attached hydrogens (tertiary/aromatic N) is 2. The molecule has 1 N–H and O–H groups in total. The molecule has 0 aliphatic carbocycles. The molecule has 0 saturated carbocycles. The Labute approximate surface area is 104 Å². The van der Waals surface area contributed by atoms with E-state index in [1.807, 2.05) is 20.8 Å². The van der Waals surface area contributed by atoms with Crippen LogP contribution in [0.4, 0.5) is 0 Å². The summed E-state index contributed by atoms with van der Waals surface area (Å²) in [5, 5.41) is 10.2. The minimum atomic E-state index is -3.07. The molecule has 1 fully saturated rings. The van der Waals surface area contributed by atoms with Gasteiger partial charge in [0.25, 0.3) is 0 Å². The Balaban J connectivity index is 2.48. The summed E-state index contributed by atoms with van der Waals surface area (Å²) < 4.78 is 24.2. The highest BCUT2D eigenvalue weighted by atomic mass is 32.2. The molecule has 1 heterocycles. The van der Waals surface area contributed by atoms with Crippen LogP contribution in [-0.4, -0.2) is 67.3 Å². The van der Waals surface area contributed by atoms with Crippen LogP contribution in [0.3, 0.4) is 0 Å². The second-order valence-corrected chi connectivity index (χ2v) is 7.43. The predicted octanol–water partition coefficient (Wildman–Crippen LogP) is -0.0294. The lowest BCUT2D eigenvalue weighted by atomic mass is 9.92. The van der Waals surface area contributed by atoms with Gasteiger partial charge in [-0.25, -0.2) is 8.42 Å². The molecule has 1 atom stereocenters. The van der Waals surface area contributed by atoms with Crippen LogP contribution in [0, 0.1) is 5.92 Å². The first-order chi connectivity index (χ1) is 7.63. The van der Waals surface area contributed by atoms with Gasteiger partial charge in [0.1, 0.15) is 0 Å². The highest BCUT2D eigenvalue weighted by molar-refractivity contribution is 7.88. The van der Waals surface area contributed by atoms with Gasteiger partial charge in [0.05, 0.1) is 11.9 Å².